The number of ether oxygens (including phenoxy) is 1. The van der Waals surface area contributed by atoms with Crippen molar-refractivity contribution < 1.29 is 39.5 Å². The van der Waals surface area contributed by atoms with E-state index in [1.165, 1.54) is 13.2 Å². The van der Waals surface area contributed by atoms with Gasteiger partial charge in [0.1, 0.15) is 22.8 Å². The van der Waals surface area contributed by atoms with E-state index < -0.39 is 58.4 Å². The van der Waals surface area contributed by atoms with E-state index in [-0.39, 0.29) is 35.4 Å². The lowest BCUT2D eigenvalue weighted by Crippen LogP contribution is -2.58. The normalized spacial score (nSPS) is 24.1. The van der Waals surface area contributed by atoms with Gasteiger partial charge in [-0.2, -0.15) is 0 Å². The smallest absolute Gasteiger partial charge is 0.255 e. The number of carbonyl (C=O) groups excluding carboxylic acids is 3. The molecule has 0 aliphatic heterocycles. The van der Waals surface area contributed by atoms with Crippen LogP contribution in [0.3, 0.4) is 0 Å². The van der Waals surface area contributed by atoms with Gasteiger partial charge >= 0.3 is 0 Å². The van der Waals surface area contributed by atoms with Gasteiger partial charge in [-0.05, 0) is 53.6 Å². The summed E-state index contributed by atoms with van der Waals surface area (Å²) in [5.41, 5.74) is 3.20. The number of allylic oxidation sites excluding steroid dienone is 1. The van der Waals surface area contributed by atoms with Crippen molar-refractivity contribution in [3.8, 4) is 11.5 Å². The maximum absolute atomic E-state index is 13.6. The van der Waals surface area contributed by atoms with Gasteiger partial charge in [-0.25, -0.2) is 0 Å². The summed E-state index contributed by atoms with van der Waals surface area (Å²) in [6, 6.07) is 8.15. The fraction of sp³-hybridized carbons (Fsp3) is 0.276. The summed E-state index contributed by atoms with van der Waals surface area (Å²) in [6.07, 6.45) is 3.68. The van der Waals surface area contributed by atoms with Crippen LogP contribution in [-0.2, 0) is 27.2 Å². The number of aliphatic hydroxyl groups excluding tert-OH is 2. The van der Waals surface area contributed by atoms with Gasteiger partial charge in [-0.15, -0.1) is 4.91 Å². The molecule has 1 saturated carbocycles. The van der Waals surface area contributed by atoms with Gasteiger partial charge in [-0.1, -0.05) is 30.4 Å². The summed E-state index contributed by atoms with van der Waals surface area (Å²) < 4.78 is 5.14. The van der Waals surface area contributed by atoms with Crippen LogP contribution in [0, 0.1) is 16.7 Å². The van der Waals surface area contributed by atoms with Crippen LogP contribution in [-0.4, -0.2) is 50.6 Å². The van der Waals surface area contributed by atoms with E-state index >= 15 is 0 Å². The second kappa shape index (κ2) is 9.76. The van der Waals surface area contributed by atoms with Crippen molar-refractivity contribution in [1.82, 2.24) is 0 Å². The number of amides is 1. The highest BCUT2D eigenvalue weighted by Gasteiger charge is 2.60. The summed E-state index contributed by atoms with van der Waals surface area (Å²) in [5, 5.41) is 46.7. The van der Waals surface area contributed by atoms with Crippen LogP contribution in [0.2, 0.25) is 0 Å². The topological polar surface area (TPSA) is 197 Å². The molecule has 1 fully saturated rings. The molecule has 5 rings (SSSR count). The van der Waals surface area contributed by atoms with Gasteiger partial charge in [-0.3, -0.25) is 14.4 Å². The number of carbonyl (C=O) groups is 3. The highest BCUT2D eigenvalue weighted by Crippen LogP contribution is 2.52. The largest absolute Gasteiger partial charge is 0.508 e. The molecule has 2 aromatic carbocycles. The number of Topliss-reactive ketones (excluding diaryl/α,β-unsaturated/α-hetero) is 2. The standard InChI is InChI=1S/C29H26N2O9/c1-40-20-7-3-6-14(24(20)33)5-2-4-13-8-9-18(31-39)22-17(13)11-15-10-16-12-19(32)23(28(30)37)27(36)29(16,38)26(35)21(15)25(22)34/h2-4,6-9,15-16,33-34,36,38H,5,10-12H2,1H3,(H2,30,37)/b4-2-/t15-,16+,29+/m1/s1. The van der Waals surface area contributed by atoms with Crippen LogP contribution in [0.25, 0.3) is 11.8 Å². The molecular formula is C29H26N2O9. The molecular weight excluding hydrogens is 520 g/mol. The Morgan fingerprint density at radius 2 is 1.93 bits per heavy atom. The van der Waals surface area contributed by atoms with Gasteiger partial charge < -0.3 is 30.9 Å². The summed E-state index contributed by atoms with van der Waals surface area (Å²) in [4.78, 5) is 49.6. The van der Waals surface area contributed by atoms with E-state index in [2.05, 4.69) is 5.18 Å². The Labute approximate surface area is 227 Å². The van der Waals surface area contributed by atoms with E-state index in [0.717, 1.165) is 0 Å². The van der Waals surface area contributed by atoms with Crippen LogP contribution in [0.4, 0.5) is 5.69 Å². The van der Waals surface area contributed by atoms with Crippen molar-refractivity contribution in [3.05, 3.63) is 80.5 Å². The Bertz CT molecular complexity index is 1590. The number of nitrogens with zero attached hydrogens (tertiary/aromatic N) is 1. The Kier molecular flexibility index (Phi) is 6.54. The average Bonchev–Trinajstić information content (AvgIpc) is 2.91. The number of aliphatic hydroxyl groups is 3. The van der Waals surface area contributed by atoms with Crippen molar-refractivity contribution in [1.29, 1.82) is 0 Å². The number of ketones is 2. The monoisotopic (exact) mass is 546 g/mol. The van der Waals surface area contributed by atoms with Gasteiger partial charge in [0.25, 0.3) is 5.91 Å². The lowest BCUT2D eigenvalue weighted by Gasteiger charge is -2.46. The second-order valence-corrected chi connectivity index (χ2v) is 10.1. The third kappa shape index (κ3) is 3.89. The number of primary amides is 1. The van der Waals surface area contributed by atoms with E-state index in [1.807, 2.05) is 0 Å². The number of hydrogen-bond donors (Lipinski definition) is 5. The number of methoxy groups -OCH3 is 1. The van der Waals surface area contributed by atoms with Gasteiger partial charge in [0.15, 0.2) is 22.9 Å². The maximum atomic E-state index is 13.6. The zero-order valence-corrected chi connectivity index (χ0v) is 21.4. The van der Waals surface area contributed by atoms with Crippen molar-refractivity contribution in [3.63, 3.8) is 0 Å². The van der Waals surface area contributed by atoms with E-state index in [1.54, 1.807) is 36.4 Å². The first kappa shape index (κ1) is 26.8. The van der Waals surface area contributed by atoms with Gasteiger partial charge in [0.05, 0.1) is 7.11 Å². The number of nitrogens with two attached hydrogens (primary N) is 1. The Hall–Kier alpha value is -4.77. The highest BCUT2D eigenvalue weighted by molar-refractivity contribution is 6.22. The molecule has 3 aliphatic carbocycles. The molecule has 0 radical (unpaired) electrons. The zero-order chi connectivity index (χ0) is 28.9. The lowest BCUT2D eigenvalue weighted by atomic mass is 9.59. The summed E-state index contributed by atoms with van der Waals surface area (Å²) >= 11 is 0. The SMILES string of the molecule is COc1cccc(C/C=C\c2ccc(N=O)c3c2C[C@H]2C[C@H]4CC(=O)C(C(N)=O)=C(O)[C@@]4(O)C(=O)C2=C3O)c1O. The fourth-order valence-electron chi connectivity index (χ4n) is 6.09. The molecule has 0 spiro atoms. The number of benzene rings is 2. The lowest BCUT2D eigenvalue weighted by molar-refractivity contribution is -0.147. The predicted molar refractivity (Wildman–Crippen MR) is 143 cm³/mol. The number of hydrogen-bond acceptors (Lipinski definition) is 10. The number of fused-ring (bicyclic) bond motifs is 3. The second-order valence-electron chi connectivity index (χ2n) is 10.1. The Morgan fingerprint density at radius 1 is 1.18 bits per heavy atom. The third-order valence-electron chi connectivity index (χ3n) is 8.02. The molecule has 0 saturated heterocycles. The number of phenolic OH excluding ortho intramolecular Hbond substituents is 1. The third-order valence-corrected chi connectivity index (χ3v) is 8.02. The molecule has 6 N–H and O–H groups in total. The van der Waals surface area contributed by atoms with E-state index in [0.29, 0.717) is 28.9 Å². The Balaban J connectivity index is 1.58. The maximum Gasteiger partial charge on any atom is 0.255 e. The molecule has 11 nitrogen and oxygen atoms in total. The number of para-hydroxylation sites is 1. The first-order valence-electron chi connectivity index (χ1n) is 12.5. The molecule has 3 atom stereocenters. The molecule has 0 unspecified atom stereocenters. The molecule has 3 aliphatic rings. The van der Waals surface area contributed by atoms with Crippen molar-refractivity contribution in [2.75, 3.05) is 7.11 Å². The van der Waals surface area contributed by atoms with E-state index in [4.69, 9.17) is 10.5 Å². The average molecular weight is 547 g/mol. The molecule has 0 heterocycles. The van der Waals surface area contributed by atoms with Crippen LogP contribution in [0.5, 0.6) is 11.5 Å². The minimum Gasteiger partial charge on any atom is -0.508 e. The van der Waals surface area contributed by atoms with Crippen molar-refractivity contribution in [2.24, 2.45) is 22.7 Å². The van der Waals surface area contributed by atoms with Crippen LogP contribution < -0.4 is 10.5 Å². The highest BCUT2D eigenvalue weighted by atomic mass is 16.5. The van der Waals surface area contributed by atoms with E-state index in [9.17, 15) is 39.7 Å². The summed E-state index contributed by atoms with van der Waals surface area (Å²) in [7, 11) is 1.45. The predicted octanol–water partition coefficient (Wildman–Crippen LogP) is 3.09. The molecule has 1 amide bonds. The molecule has 40 heavy (non-hydrogen) atoms. The molecule has 0 bridgehead atoms. The first-order chi connectivity index (χ1) is 19.0. The Morgan fingerprint density at radius 3 is 2.60 bits per heavy atom. The van der Waals surface area contributed by atoms with Crippen LogP contribution in [0.15, 0.2) is 58.5 Å². The fourth-order valence-corrected chi connectivity index (χ4v) is 6.09. The summed E-state index contributed by atoms with van der Waals surface area (Å²) in [6.45, 7) is 0. The van der Waals surface area contributed by atoms with Crippen molar-refractivity contribution in [2.45, 2.75) is 31.3 Å². The van der Waals surface area contributed by atoms with Crippen LogP contribution >= 0.6 is 0 Å². The number of rotatable bonds is 6. The van der Waals surface area contributed by atoms with Gasteiger partial charge in [0, 0.05) is 29.0 Å². The quantitative estimate of drug-likeness (QED) is 0.267. The molecule has 206 valence electrons. The van der Waals surface area contributed by atoms with Gasteiger partial charge in [0.2, 0.25) is 5.78 Å². The zero-order valence-electron chi connectivity index (χ0n) is 21.4. The number of phenols is 1. The number of aromatic hydroxyl groups is 1. The van der Waals surface area contributed by atoms with Crippen molar-refractivity contribution >= 4 is 35.0 Å². The molecule has 11 heteroatoms. The van der Waals surface area contributed by atoms with Crippen LogP contribution in [0.1, 0.15) is 35.1 Å². The minimum atomic E-state index is -2.62. The molecule has 2 aromatic rings. The minimum absolute atomic E-state index is 0.00873. The molecule has 0 aromatic heterocycles. The number of nitroso groups, excluding NO2 is 1. The first-order valence-corrected chi connectivity index (χ1v) is 12.5. The summed E-state index contributed by atoms with van der Waals surface area (Å²) in [5.74, 6) is -6.18.